The number of benzene rings is 2. The molecule has 1 aromatic heterocycles. The summed E-state index contributed by atoms with van der Waals surface area (Å²) >= 11 is 0. The van der Waals surface area contributed by atoms with Crippen LogP contribution in [-0.2, 0) is 14.8 Å². The van der Waals surface area contributed by atoms with E-state index in [9.17, 15) is 13.2 Å². The van der Waals surface area contributed by atoms with Gasteiger partial charge in [-0.2, -0.15) is 0 Å². The van der Waals surface area contributed by atoms with Gasteiger partial charge in [-0.1, -0.05) is 6.07 Å². The molecule has 0 saturated carbocycles. The summed E-state index contributed by atoms with van der Waals surface area (Å²) in [4.78, 5) is 16.7. The van der Waals surface area contributed by atoms with Crippen LogP contribution < -0.4 is 19.1 Å². The zero-order valence-corrected chi connectivity index (χ0v) is 18.2. The third-order valence-corrected chi connectivity index (χ3v) is 6.36. The van der Waals surface area contributed by atoms with Crippen molar-refractivity contribution in [1.29, 1.82) is 0 Å². The first-order valence-electron chi connectivity index (χ1n) is 9.36. The van der Waals surface area contributed by atoms with E-state index in [4.69, 9.17) is 9.47 Å². The summed E-state index contributed by atoms with van der Waals surface area (Å²) in [6, 6.07) is 14.3. The number of hydrogen-bond donors (Lipinski definition) is 1. The van der Waals surface area contributed by atoms with Crippen LogP contribution >= 0.6 is 0 Å². The molecule has 0 unspecified atom stereocenters. The molecule has 2 aromatic carbocycles. The van der Waals surface area contributed by atoms with E-state index in [2.05, 4.69) is 10.3 Å². The summed E-state index contributed by atoms with van der Waals surface area (Å²) in [5, 5.41) is 2.70. The van der Waals surface area contributed by atoms with E-state index in [1.54, 1.807) is 49.4 Å². The maximum atomic E-state index is 13.5. The van der Waals surface area contributed by atoms with Crippen molar-refractivity contribution in [3.05, 3.63) is 72.6 Å². The van der Waals surface area contributed by atoms with Crippen LogP contribution in [0.5, 0.6) is 11.5 Å². The molecule has 162 valence electrons. The number of rotatable bonds is 8. The number of nitrogens with zero attached hydrogens (tertiary/aromatic N) is 2. The highest BCUT2D eigenvalue weighted by atomic mass is 32.2. The smallest absolute Gasteiger partial charge is 0.264 e. The summed E-state index contributed by atoms with van der Waals surface area (Å²) < 4.78 is 38.5. The average Bonchev–Trinajstić information content (AvgIpc) is 2.78. The number of hydrogen-bond acceptors (Lipinski definition) is 6. The fraction of sp³-hybridized carbons (Fsp3) is 0.182. The summed E-state index contributed by atoms with van der Waals surface area (Å²) in [5.74, 6) is 0.508. The lowest BCUT2D eigenvalue weighted by Gasteiger charge is -2.26. The lowest BCUT2D eigenvalue weighted by molar-refractivity contribution is -0.114. The van der Waals surface area contributed by atoms with Gasteiger partial charge in [0.2, 0.25) is 5.91 Å². The minimum Gasteiger partial charge on any atom is -0.497 e. The predicted molar refractivity (Wildman–Crippen MR) is 118 cm³/mol. The van der Waals surface area contributed by atoms with E-state index >= 15 is 0 Å². The van der Waals surface area contributed by atoms with Gasteiger partial charge in [-0.3, -0.25) is 14.1 Å². The van der Waals surface area contributed by atoms with Crippen LogP contribution in [0.3, 0.4) is 0 Å². The number of sulfonamides is 1. The fourth-order valence-electron chi connectivity index (χ4n) is 2.93. The first-order chi connectivity index (χ1) is 14.8. The third-order valence-electron chi connectivity index (χ3n) is 4.58. The van der Waals surface area contributed by atoms with Crippen LogP contribution in [0.25, 0.3) is 0 Å². The van der Waals surface area contributed by atoms with Gasteiger partial charge in [-0.25, -0.2) is 8.42 Å². The van der Waals surface area contributed by atoms with Crippen LogP contribution in [-0.4, -0.2) is 40.1 Å². The van der Waals surface area contributed by atoms with Crippen LogP contribution in [0.1, 0.15) is 5.56 Å². The van der Waals surface area contributed by atoms with E-state index in [0.717, 1.165) is 4.31 Å². The van der Waals surface area contributed by atoms with Crippen molar-refractivity contribution in [3.63, 3.8) is 0 Å². The maximum absolute atomic E-state index is 13.5. The molecule has 0 aliphatic rings. The lowest BCUT2D eigenvalue weighted by atomic mass is 10.2. The molecule has 31 heavy (non-hydrogen) atoms. The molecule has 0 radical (unpaired) electrons. The Kier molecular flexibility index (Phi) is 6.76. The third kappa shape index (κ3) is 5.13. The highest BCUT2D eigenvalue weighted by Gasteiger charge is 2.29. The van der Waals surface area contributed by atoms with Crippen LogP contribution in [0.2, 0.25) is 0 Å². The standard InChI is InChI=1S/C22H23N3O5S/c1-16-4-5-19(30-3)14-21(16)25(15-22(26)24-17-10-12-23-13-11-17)31(27,28)20-8-6-18(29-2)7-9-20/h4-14H,15H2,1-3H3,(H,23,24,26). The Hall–Kier alpha value is -3.59. The monoisotopic (exact) mass is 441 g/mol. The number of amides is 1. The molecule has 0 bridgehead atoms. The molecular weight excluding hydrogens is 418 g/mol. The summed E-state index contributed by atoms with van der Waals surface area (Å²) in [7, 11) is -1.07. The first kappa shape index (κ1) is 22.1. The minimum atomic E-state index is -4.06. The van der Waals surface area contributed by atoms with Crippen molar-refractivity contribution < 1.29 is 22.7 Å². The van der Waals surface area contributed by atoms with Crippen molar-refractivity contribution in [2.24, 2.45) is 0 Å². The largest absolute Gasteiger partial charge is 0.497 e. The molecule has 3 rings (SSSR count). The molecular formula is C22H23N3O5S. The zero-order valence-electron chi connectivity index (χ0n) is 17.4. The fourth-order valence-corrected chi connectivity index (χ4v) is 4.40. The molecule has 8 nitrogen and oxygen atoms in total. The highest BCUT2D eigenvalue weighted by Crippen LogP contribution is 2.31. The Morgan fingerprint density at radius 1 is 0.968 bits per heavy atom. The van der Waals surface area contributed by atoms with Crippen LogP contribution in [0.4, 0.5) is 11.4 Å². The van der Waals surface area contributed by atoms with Gasteiger partial charge in [0, 0.05) is 24.1 Å². The van der Waals surface area contributed by atoms with Crippen molar-refractivity contribution in [2.45, 2.75) is 11.8 Å². The van der Waals surface area contributed by atoms with Gasteiger partial charge in [0.1, 0.15) is 18.0 Å². The Bertz CT molecular complexity index is 1150. The van der Waals surface area contributed by atoms with E-state index in [-0.39, 0.29) is 4.90 Å². The molecule has 0 saturated heterocycles. The average molecular weight is 442 g/mol. The summed E-state index contributed by atoms with van der Waals surface area (Å²) in [5.41, 5.74) is 1.54. The molecule has 1 heterocycles. The van der Waals surface area contributed by atoms with Crippen LogP contribution in [0, 0.1) is 6.92 Å². The van der Waals surface area contributed by atoms with Gasteiger partial charge in [-0.05, 0) is 55.0 Å². The van der Waals surface area contributed by atoms with E-state index < -0.39 is 22.5 Å². The second-order valence-corrected chi connectivity index (χ2v) is 8.49. The Balaban J connectivity index is 2.02. The Labute approximate surface area is 181 Å². The van der Waals surface area contributed by atoms with Gasteiger partial charge < -0.3 is 14.8 Å². The number of nitrogens with one attached hydrogen (secondary N) is 1. The quantitative estimate of drug-likeness (QED) is 0.576. The SMILES string of the molecule is COc1ccc(S(=O)(=O)N(CC(=O)Nc2ccncc2)c2cc(OC)ccc2C)cc1. The second-order valence-electron chi connectivity index (χ2n) is 6.62. The van der Waals surface area contributed by atoms with Gasteiger partial charge in [-0.15, -0.1) is 0 Å². The van der Waals surface area contributed by atoms with Gasteiger partial charge in [0.05, 0.1) is 24.8 Å². The molecule has 0 atom stereocenters. The van der Waals surface area contributed by atoms with E-state index in [0.29, 0.717) is 28.4 Å². The van der Waals surface area contributed by atoms with Crippen LogP contribution in [0.15, 0.2) is 71.9 Å². The lowest BCUT2D eigenvalue weighted by Crippen LogP contribution is -2.38. The molecule has 0 spiro atoms. The number of methoxy groups -OCH3 is 2. The number of anilines is 2. The Morgan fingerprint density at radius 2 is 1.58 bits per heavy atom. The molecule has 0 aliphatic heterocycles. The number of aryl methyl sites for hydroxylation is 1. The van der Waals surface area contributed by atoms with Crippen molar-refractivity contribution in [2.75, 3.05) is 30.4 Å². The number of carbonyl (C=O) groups is 1. The van der Waals surface area contributed by atoms with Gasteiger partial charge >= 0.3 is 0 Å². The van der Waals surface area contributed by atoms with Crippen molar-refractivity contribution >= 4 is 27.3 Å². The van der Waals surface area contributed by atoms with Crippen molar-refractivity contribution in [1.82, 2.24) is 4.98 Å². The molecule has 0 aliphatic carbocycles. The number of aromatic nitrogens is 1. The van der Waals surface area contributed by atoms with Crippen molar-refractivity contribution in [3.8, 4) is 11.5 Å². The number of pyridine rings is 1. The maximum Gasteiger partial charge on any atom is 0.264 e. The minimum absolute atomic E-state index is 0.0345. The Morgan fingerprint density at radius 3 is 2.19 bits per heavy atom. The summed E-state index contributed by atoms with van der Waals surface area (Å²) in [6.45, 7) is 1.34. The molecule has 1 N–H and O–H groups in total. The van der Waals surface area contributed by atoms with Gasteiger partial charge in [0.15, 0.2) is 0 Å². The number of carbonyl (C=O) groups excluding carboxylic acids is 1. The van der Waals surface area contributed by atoms with E-state index in [1.807, 2.05) is 0 Å². The molecule has 3 aromatic rings. The van der Waals surface area contributed by atoms with Gasteiger partial charge in [0.25, 0.3) is 10.0 Å². The predicted octanol–water partition coefficient (Wildman–Crippen LogP) is 3.24. The molecule has 9 heteroatoms. The first-order valence-corrected chi connectivity index (χ1v) is 10.8. The van der Waals surface area contributed by atoms with E-state index in [1.165, 1.54) is 38.7 Å². The normalized spacial score (nSPS) is 10.9. The molecule has 1 amide bonds. The second kappa shape index (κ2) is 9.48. The number of ether oxygens (including phenoxy) is 2. The summed E-state index contributed by atoms with van der Waals surface area (Å²) in [6.07, 6.45) is 3.07. The zero-order chi connectivity index (χ0) is 22.4. The highest BCUT2D eigenvalue weighted by molar-refractivity contribution is 7.92. The topological polar surface area (TPSA) is 97.8 Å². The molecule has 0 fully saturated rings.